The normalized spacial score (nSPS) is 24.9. The van der Waals surface area contributed by atoms with Crippen LogP contribution in [0, 0.1) is 17.3 Å². The van der Waals surface area contributed by atoms with Gasteiger partial charge in [-0.3, -0.25) is 14.4 Å². The molecule has 1 aromatic heterocycles. The Labute approximate surface area is 230 Å². The molecule has 0 radical (unpaired) electrons. The van der Waals surface area contributed by atoms with E-state index >= 15 is 0 Å². The van der Waals surface area contributed by atoms with Gasteiger partial charge in [-0.05, 0) is 78.1 Å². The molecule has 1 spiro atoms. The number of carbonyl (C=O) groups excluding carboxylic acids is 3. The van der Waals surface area contributed by atoms with E-state index in [4.69, 9.17) is 19.6 Å². The van der Waals surface area contributed by atoms with Crippen molar-refractivity contribution in [3.8, 4) is 5.75 Å². The number of ketones is 2. The van der Waals surface area contributed by atoms with E-state index in [0.717, 1.165) is 33.7 Å². The molecule has 0 bridgehead atoms. The number of amides is 1. The van der Waals surface area contributed by atoms with E-state index in [1.54, 1.807) is 30.5 Å². The van der Waals surface area contributed by atoms with Crippen LogP contribution in [-0.2, 0) is 14.3 Å². The number of nitrogen functional groups attached to an aromatic ring is 1. The summed E-state index contributed by atoms with van der Waals surface area (Å²) in [6.07, 6.45) is 3.64. The van der Waals surface area contributed by atoms with Gasteiger partial charge < -0.3 is 24.9 Å². The fourth-order valence-electron chi connectivity index (χ4n) is 6.54. The molecular formula is C32H30N2O6. The largest absolute Gasteiger partial charge is 0.491 e. The summed E-state index contributed by atoms with van der Waals surface area (Å²) in [5, 5.41) is 5.75. The van der Waals surface area contributed by atoms with Crippen molar-refractivity contribution in [2.24, 2.45) is 17.3 Å². The summed E-state index contributed by atoms with van der Waals surface area (Å²) in [6.45, 7) is 1.51. The molecular weight excluding hydrogens is 508 g/mol. The molecule has 0 aliphatic heterocycles. The minimum Gasteiger partial charge on any atom is -0.491 e. The lowest BCUT2D eigenvalue weighted by Crippen LogP contribution is -2.27. The van der Waals surface area contributed by atoms with Crippen LogP contribution in [0.5, 0.6) is 5.75 Å². The van der Waals surface area contributed by atoms with E-state index in [9.17, 15) is 14.4 Å². The van der Waals surface area contributed by atoms with E-state index in [0.29, 0.717) is 62.1 Å². The van der Waals surface area contributed by atoms with E-state index in [2.05, 4.69) is 5.32 Å². The third-order valence-electron chi connectivity index (χ3n) is 8.87. The van der Waals surface area contributed by atoms with Crippen LogP contribution in [0.3, 0.4) is 0 Å². The quantitative estimate of drug-likeness (QED) is 0.235. The second-order valence-electron chi connectivity index (χ2n) is 11.1. The van der Waals surface area contributed by atoms with Gasteiger partial charge in [-0.15, -0.1) is 0 Å². The van der Waals surface area contributed by atoms with Gasteiger partial charge in [0.25, 0.3) is 5.91 Å². The van der Waals surface area contributed by atoms with Crippen molar-refractivity contribution in [2.75, 3.05) is 32.1 Å². The smallest absolute Gasteiger partial charge is 0.251 e. The maximum Gasteiger partial charge on any atom is 0.251 e. The summed E-state index contributed by atoms with van der Waals surface area (Å²) < 4.78 is 17.4. The zero-order valence-electron chi connectivity index (χ0n) is 22.0. The topological polar surface area (TPSA) is 121 Å². The standard InChI is InChI=1S/C32H30N2O6/c33-20-4-1-18(2-5-20)31(37)34-11-12-38-13-14-39-21-6-7-22-19(15-21)3-9-26-28(22)24(17-40-26)23-8-10-27(35)32-16-25(32)29(32)30(23)36/h1-7,9,15,17,23,25,29H,8,10-14,16,33H2,(H,34,37). The van der Waals surface area contributed by atoms with Crippen LogP contribution in [0.2, 0.25) is 0 Å². The number of rotatable bonds is 9. The molecule has 3 aliphatic carbocycles. The lowest BCUT2D eigenvalue weighted by molar-refractivity contribution is -0.126. The summed E-state index contributed by atoms with van der Waals surface area (Å²) in [5.74, 6) is 0.967. The number of hydrogen-bond acceptors (Lipinski definition) is 7. The van der Waals surface area contributed by atoms with Crippen LogP contribution in [0.1, 0.15) is 41.1 Å². The van der Waals surface area contributed by atoms with Crippen LogP contribution in [0.25, 0.3) is 21.7 Å². The van der Waals surface area contributed by atoms with Crippen LogP contribution in [0.4, 0.5) is 5.69 Å². The van der Waals surface area contributed by atoms with Gasteiger partial charge >= 0.3 is 0 Å². The second kappa shape index (κ2) is 9.48. The molecule has 8 heteroatoms. The Morgan fingerprint density at radius 3 is 2.73 bits per heavy atom. The SMILES string of the molecule is Nc1ccc(C(=O)NCCOCCOc2ccc3c(ccc4occ(C5CCC(=O)C67CC6C7C5=O)c43)c2)cc1. The van der Waals surface area contributed by atoms with Gasteiger partial charge in [-0.25, -0.2) is 0 Å². The number of anilines is 1. The van der Waals surface area contributed by atoms with Crippen molar-refractivity contribution in [2.45, 2.75) is 25.2 Å². The molecule has 3 fully saturated rings. The first-order chi connectivity index (χ1) is 19.5. The lowest BCUT2D eigenvalue weighted by Gasteiger charge is -2.15. The minimum absolute atomic E-state index is 0.0744. The highest BCUT2D eigenvalue weighted by Gasteiger charge is 2.85. The number of nitrogens with two attached hydrogens (primary N) is 1. The monoisotopic (exact) mass is 538 g/mol. The maximum absolute atomic E-state index is 13.4. The second-order valence-corrected chi connectivity index (χ2v) is 11.1. The van der Waals surface area contributed by atoms with Crippen molar-refractivity contribution >= 4 is 44.9 Å². The first-order valence-corrected chi connectivity index (χ1v) is 13.8. The lowest BCUT2D eigenvalue weighted by atomic mass is 9.86. The number of fused-ring (bicyclic) bond motifs is 4. The van der Waals surface area contributed by atoms with Gasteiger partial charge in [0.15, 0.2) is 0 Å². The van der Waals surface area contributed by atoms with Crippen molar-refractivity contribution in [1.82, 2.24) is 5.32 Å². The Hall–Kier alpha value is -4.17. The zero-order chi connectivity index (χ0) is 27.4. The highest BCUT2D eigenvalue weighted by atomic mass is 16.5. The zero-order valence-corrected chi connectivity index (χ0v) is 22.0. The molecule has 4 unspecified atom stereocenters. The van der Waals surface area contributed by atoms with Gasteiger partial charge in [-0.1, -0.05) is 6.07 Å². The summed E-state index contributed by atoms with van der Waals surface area (Å²) in [6, 6.07) is 16.6. The molecule has 3 saturated carbocycles. The number of benzene rings is 3. The maximum atomic E-state index is 13.4. The highest BCUT2D eigenvalue weighted by Crippen LogP contribution is 2.82. The molecule has 204 valence electrons. The Kier molecular flexibility index (Phi) is 5.89. The summed E-state index contributed by atoms with van der Waals surface area (Å²) >= 11 is 0. The van der Waals surface area contributed by atoms with E-state index < -0.39 is 0 Å². The number of Topliss-reactive ketones (excluding diaryl/α,β-unsaturated/α-hetero) is 2. The Morgan fingerprint density at radius 2 is 1.90 bits per heavy atom. The molecule has 8 nitrogen and oxygen atoms in total. The van der Waals surface area contributed by atoms with Crippen LogP contribution in [-0.4, -0.2) is 43.8 Å². The summed E-state index contributed by atoms with van der Waals surface area (Å²) in [5.41, 5.74) is 8.16. The van der Waals surface area contributed by atoms with Gasteiger partial charge in [0, 0.05) is 52.4 Å². The predicted octanol–water partition coefficient (Wildman–Crippen LogP) is 4.65. The van der Waals surface area contributed by atoms with Crippen molar-refractivity contribution < 1.29 is 28.3 Å². The molecule has 4 atom stereocenters. The minimum atomic E-state index is -0.297. The average Bonchev–Trinajstić information content (AvgIpc) is 3.80. The molecule has 3 aromatic carbocycles. The predicted molar refractivity (Wildman–Crippen MR) is 149 cm³/mol. The number of ether oxygens (including phenoxy) is 2. The van der Waals surface area contributed by atoms with Crippen LogP contribution >= 0.6 is 0 Å². The summed E-state index contributed by atoms with van der Waals surface area (Å²) in [7, 11) is 0. The van der Waals surface area contributed by atoms with Crippen molar-refractivity contribution in [3.63, 3.8) is 0 Å². The van der Waals surface area contributed by atoms with E-state index in [1.165, 1.54) is 0 Å². The van der Waals surface area contributed by atoms with Crippen LogP contribution in [0.15, 0.2) is 65.3 Å². The fraction of sp³-hybridized carbons (Fsp3) is 0.344. The van der Waals surface area contributed by atoms with Gasteiger partial charge in [0.1, 0.15) is 29.5 Å². The van der Waals surface area contributed by atoms with Gasteiger partial charge in [-0.2, -0.15) is 0 Å². The third-order valence-corrected chi connectivity index (χ3v) is 8.87. The third kappa shape index (κ3) is 4.05. The molecule has 7 rings (SSSR count). The average molecular weight is 539 g/mol. The molecule has 3 N–H and O–H groups in total. The Bertz CT molecular complexity index is 1660. The first kappa shape index (κ1) is 24.8. The van der Waals surface area contributed by atoms with Gasteiger partial charge in [0.05, 0.1) is 19.5 Å². The number of nitrogens with one attached hydrogen (secondary N) is 1. The number of furan rings is 1. The van der Waals surface area contributed by atoms with Crippen molar-refractivity contribution in [3.05, 3.63) is 72.0 Å². The fourth-order valence-corrected chi connectivity index (χ4v) is 6.54. The molecule has 3 aliphatic rings. The Morgan fingerprint density at radius 1 is 1.05 bits per heavy atom. The van der Waals surface area contributed by atoms with E-state index in [1.807, 2.05) is 30.3 Å². The molecule has 4 aromatic rings. The first-order valence-electron chi connectivity index (χ1n) is 13.8. The number of hydrogen-bond donors (Lipinski definition) is 2. The molecule has 40 heavy (non-hydrogen) atoms. The molecule has 1 heterocycles. The Balaban J connectivity index is 0.961. The van der Waals surface area contributed by atoms with Crippen molar-refractivity contribution in [1.29, 1.82) is 0 Å². The van der Waals surface area contributed by atoms with Crippen LogP contribution < -0.4 is 15.8 Å². The molecule has 0 saturated heterocycles. The van der Waals surface area contributed by atoms with Gasteiger partial charge in [0.2, 0.25) is 0 Å². The summed E-state index contributed by atoms with van der Waals surface area (Å²) in [4.78, 5) is 38.1. The molecule has 1 amide bonds. The van der Waals surface area contributed by atoms with E-state index in [-0.39, 0.29) is 34.7 Å². The highest BCUT2D eigenvalue weighted by molar-refractivity contribution is 6.12. The number of carbonyl (C=O) groups is 3.